The van der Waals surface area contributed by atoms with E-state index < -0.39 is 0 Å². The van der Waals surface area contributed by atoms with Crippen LogP contribution in [0.15, 0.2) is 22.7 Å². The summed E-state index contributed by atoms with van der Waals surface area (Å²) in [6.07, 6.45) is 0. The molecule has 0 N–H and O–H groups in total. The molecule has 0 radical (unpaired) electrons. The molecule has 1 atom stereocenters. The van der Waals surface area contributed by atoms with E-state index in [0.29, 0.717) is 19.8 Å². The zero-order valence-corrected chi connectivity index (χ0v) is 11.7. The van der Waals surface area contributed by atoms with E-state index in [2.05, 4.69) is 15.9 Å². The number of hydrogen-bond acceptors (Lipinski definition) is 2. The molecule has 1 aliphatic rings. The molecular formula is C13H16BrNO2. The van der Waals surface area contributed by atoms with Crippen LogP contribution in [0.3, 0.4) is 0 Å². The van der Waals surface area contributed by atoms with Gasteiger partial charge >= 0.3 is 0 Å². The van der Waals surface area contributed by atoms with Crippen LogP contribution in [0.25, 0.3) is 0 Å². The van der Waals surface area contributed by atoms with E-state index in [1.165, 1.54) is 0 Å². The minimum Gasteiger partial charge on any atom is -0.377 e. The van der Waals surface area contributed by atoms with Gasteiger partial charge in [0.05, 0.1) is 19.3 Å². The maximum atomic E-state index is 12.3. The zero-order chi connectivity index (χ0) is 12.4. The van der Waals surface area contributed by atoms with Crippen molar-refractivity contribution in [2.75, 3.05) is 19.8 Å². The van der Waals surface area contributed by atoms with Crippen molar-refractivity contribution in [1.29, 1.82) is 0 Å². The molecule has 2 rings (SSSR count). The Morgan fingerprint density at radius 3 is 2.94 bits per heavy atom. The molecule has 92 valence electrons. The quantitative estimate of drug-likeness (QED) is 0.797. The Hall–Kier alpha value is -0.870. The molecule has 0 spiro atoms. The van der Waals surface area contributed by atoms with Gasteiger partial charge in [-0.2, -0.15) is 0 Å². The minimum absolute atomic E-state index is 0.0847. The van der Waals surface area contributed by atoms with Gasteiger partial charge in [0.2, 0.25) is 0 Å². The number of halogens is 1. The second kappa shape index (κ2) is 5.19. The fraction of sp³-hybridized carbons (Fsp3) is 0.462. The van der Waals surface area contributed by atoms with Gasteiger partial charge in [0, 0.05) is 16.6 Å². The van der Waals surface area contributed by atoms with E-state index in [0.717, 1.165) is 15.6 Å². The third kappa shape index (κ3) is 2.69. The Bertz CT molecular complexity index is 433. The maximum absolute atomic E-state index is 12.3. The molecule has 1 heterocycles. The predicted molar refractivity (Wildman–Crippen MR) is 70.2 cm³/mol. The molecule has 3 nitrogen and oxygen atoms in total. The lowest BCUT2D eigenvalue weighted by Gasteiger charge is -2.33. The van der Waals surface area contributed by atoms with Crippen LogP contribution in [-0.2, 0) is 4.74 Å². The van der Waals surface area contributed by atoms with Gasteiger partial charge in [0.1, 0.15) is 0 Å². The fourth-order valence-electron chi connectivity index (χ4n) is 1.92. The van der Waals surface area contributed by atoms with Gasteiger partial charge in [0.15, 0.2) is 0 Å². The third-order valence-corrected chi connectivity index (χ3v) is 3.90. The first-order chi connectivity index (χ1) is 8.09. The fourth-order valence-corrected chi connectivity index (χ4v) is 2.30. The molecule has 1 amide bonds. The van der Waals surface area contributed by atoms with Crippen molar-refractivity contribution in [2.45, 2.75) is 19.9 Å². The summed E-state index contributed by atoms with van der Waals surface area (Å²) in [7, 11) is 0. The second-order valence-corrected chi connectivity index (χ2v) is 5.24. The van der Waals surface area contributed by atoms with Crippen molar-refractivity contribution in [1.82, 2.24) is 4.90 Å². The molecule has 0 bridgehead atoms. The first-order valence-electron chi connectivity index (χ1n) is 5.74. The molecule has 17 heavy (non-hydrogen) atoms. The minimum atomic E-state index is 0.0847. The van der Waals surface area contributed by atoms with Gasteiger partial charge in [-0.1, -0.05) is 22.0 Å². The van der Waals surface area contributed by atoms with Crippen LogP contribution in [0.2, 0.25) is 0 Å². The summed E-state index contributed by atoms with van der Waals surface area (Å²) < 4.78 is 6.31. The first-order valence-corrected chi connectivity index (χ1v) is 6.54. The van der Waals surface area contributed by atoms with Gasteiger partial charge in [-0.05, 0) is 31.5 Å². The molecule has 0 saturated carbocycles. The number of rotatable bonds is 1. The highest BCUT2D eigenvalue weighted by Gasteiger charge is 2.24. The largest absolute Gasteiger partial charge is 0.377 e. The van der Waals surface area contributed by atoms with E-state index in [-0.39, 0.29) is 11.9 Å². The van der Waals surface area contributed by atoms with Crippen LogP contribution < -0.4 is 0 Å². The Morgan fingerprint density at radius 2 is 2.29 bits per heavy atom. The molecule has 1 fully saturated rings. The average Bonchev–Trinajstić information content (AvgIpc) is 2.32. The molecule has 1 aromatic rings. The van der Waals surface area contributed by atoms with E-state index in [1.807, 2.05) is 36.9 Å². The lowest BCUT2D eigenvalue weighted by Crippen LogP contribution is -2.47. The highest BCUT2D eigenvalue weighted by atomic mass is 79.9. The second-order valence-electron chi connectivity index (χ2n) is 4.39. The van der Waals surface area contributed by atoms with E-state index in [9.17, 15) is 4.79 Å². The van der Waals surface area contributed by atoms with Gasteiger partial charge in [-0.25, -0.2) is 0 Å². The van der Waals surface area contributed by atoms with Gasteiger partial charge in [-0.3, -0.25) is 4.79 Å². The highest BCUT2D eigenvalue weighted by molar-refractivity contribution is 9.10. The van der Waals surface area contributed by atoms with Crippen LogP contribution in [0.5, 0.6) is 0 Å². The zero-order valence-electron chi connectivity index (χ0n) is 10.1. The van der Waals surface area contributed by atoms with E-state index in [4.69, 9.17) is 4.74 Å². The lowest BCUT2D eigenvalue weighted by atomic mass is 10.1. The number of carbonyl (C=O) groups excluding carboxylic acids is 1. The normalized spacial score (nSPS) is 20.4. The van der Waals surface area contributed by atoms with Crippen molar-refractivity contribution in [2.24, 2.45) is 0 Å². The highest BCUT2D eigenvalue weighted by Crippen LogP contribution is 2.20. The molecule has 1 aliphatic heterocycles. The molecule has 1 saturated heterocycles. The molecular weight excluding hydrogens is 282 g/mol. The number of carbonyl (C=O) groups is 1. The summed E-state index contributed by atoms with van der Waals surface area (Å²) >= 11 is 3.46. The van der Waals surface area contributed by atoms with Gasteiger partial charge in [-0.15, -0.1) is 0 Å². The Balaban J connectivity index is 2.21. The van der Waals surface area contributed by atoms with E-state index in [1.54, 1.807) is 0 Å². The number of ether oxygens (including phenoxy) is 1. The summed E-state index contributed by atoms with van der Waals surface area (Å²) in [5.41, 5.74) is 1.87. The number of morpholine rings is 1. The Labute approximate surface area is 110 Å². The standard InChI is InChI=1S/C13H16BrNO2/c1-9-3-4-11(7-12(9)14)13(16)15-5-6-17-8-10(15)2/h3-4,7,10H,5-6,8H2,1-2H3. The summed E-state index contributed by atoms with van der Waals surface area (Å²) in [6, 6.07) is 5.88. The molecule has 1 unspecified atom stereocenters. The maximum Gasteiger partial charge on any atom is 0.254 e. The van der Waals surface area contributed by atoms with Crippen molar-refractivity contribution >= 4 is 21.8 Å². The van der Waals surface area contributed by atoms with Crippen molar-refractivity contribution in [3.05, 3.63) is 33.8 Å². The number of amides is 1. The SMILES string of the molecule is Cc1ccc(C(=O)N2CCOCC2C)cc1Br. The van der Waals surface area contributed by atoms with Crippen molar-refractivity contribution in [3.8, 4) is 0 Å². The monoisotopic (exact) mass is 297 g/mol. The summed E-state index contributed by atoms with van der Waals surface area (Å²) in [4.78, 5) is 14.2. The van der Waals surface area contributed by atoms with Crippen LogP contribution in [0.1, 0.15) is 22.8 Å². The van der Waals surface area contributed by atoms with E-state index >= 15 is 0 Å². The predicted octanol–water partition coefficient (Wildman–Crippen LogP) is 2.62. The smallest absolute Gasteiger partial charge is 0.254 e. The number of benzene rings is 1. The van der Waals surface area contributed by atoms with Gasteiger partial charge in [0.25, 0.3) is 5.91 Å². The van der Waals surface area contributed by atoms with Crippen LogP contribution in [0, 0.1) is 6.92 Å². The number of nitrogens with zero attached hydrogens (tertiary/aromatic N) is 1. The van der Waals surface area contributed by atoms with Gasteiger partial charge < -0.3 is 9.64 Å². The van der Waals surface area contributed by atoms with Crippen LogP contribution >= 0.6 is 15.9 Å². The third-order valence-electron chi connectivity index (χ3n) is 3.05. The topological polar surface area (TPSA) is 29.5 Å². The summed E-state index contributed by atoms with van der Waals surface area (Å²) in [6.45, 7) is 5.95. The first kappa shape index (κ1) is 12.6. The molecule has 0 aromatic heterocycles. The molecule has 4 heteroatoms. The lowest BCUT2D eigenvalue weighted by molar-refractivity contribution is 0.00359. The summed E-state index contributed by atoms with van der Waals surface area (Å²) in [5, 5.41) is 0. The number of hydrogen-bond donors (Lipinski definition) is 0. The Morgan fingerprint density at radius 1 is 1.53 bits per heavy atom. The average molecular weight is 298 g/mol. The van der Waals surface area contributed by atoms with Crippen LogP contribution in [-0.4, -0.2) is 36.6 Å². The van der Waals surface area contributed by atoms with Crippen molar-refractivity contribution in [3.63, 3.8) is 0 Å². The molecule has 0 aliphatic carbocycles. The van der Waals surface area contributed by atoms with Crippen LogP contribution in [0.4, 0.5) is 0 Å². The Kier molecular flexibility index (Phi) is 3.84. The number of aryl methyl sites for hydroxylation is 1. The summed E-state index contributed by atoms with van der Waals surface area (Å²) in [5.74, 6) is 0.0847. The molecule has 1 aromatic carbocycles. The van der Waals surface area contributed by atoms with Crippen molar-refractivity contribution < 1.29 is 9.53 Å².